The van der Waals surface area contributed by atoms with Gasteiger partial charge in [0.15, 0.2) is 11.5 Å². The summed E-state index contributed by atoms with van der Waals surface area (Å²) in [5.41, 5.74) is 1.08. The number of amides is 1. The van der Waals surface area contributed by atoms with Crippen LogP contribution >= 0.6 is 0 Å². The molecular formula is C16H22N2O5. The summed E-state index contributed by atoms with van der Waals surface area (Å²) in [6.45, 7) is 6.83. The molecule has 0 saturated heterocycles. The van der Waals surface area contributed by atoms with Crippen molar-refractivity contribution < 1.29 is 24.2 Å². The number of ether oxygens (including phenoxy) is 1. The Hall–Kier alpha value is -2.12. The van der Waals surface area contributed by atoms with E-state index in [2.05, 4.69) is 10.3 Å². The molecule has 126 valence electrons. The number of aliphatic hydroxyl groups excluding tert-OH is 2. The van der Waals surface area contributed by atoms with Crippen LogP contribution < -0.4 is 5.32 Å². The lowest BCUT2D eigenvalue weighted by Gasteiger charge is -2.22. The van der Waals surface area contributed by atoms with E-state index in [9.17, 15) is 15.0 Å². The second-order valence-corrected chi connectivity index (χ2v) is 6.36. The number of nitrogens with one attached hydrogen (secondary N) is 1. The standard InChI is InChI=1S/C16H22N2O5/c1-9-18-11-7-10(5-6-13(11)22-9)14(20)12(19)8-17-15(21)23-16(2,3)4/h5-7,12,14,19-20H,8H2,1-4H3,(H,17,21). The van der Waals surface area contributed by atoms with Gasteiger partial charge in [0.1, 0.15) is 23.3 Å². The lowest BCUT2D eigenvalue weighted by atomic mass is 10.0. The molecule has 7 heteroatoms. The fourth-order valence-corrected chi connectivity index (χ4v) is 2.08. The number of alkyl carbamates (subject to hydrolysis) is 1. The minimum atomic E-state index is -1.17. The monoisotopic (exact) mass is 322 g/mol. The van der Waals surface area contributed by atoms with Gasteiger partial charge in [-0.25, -0.2) is 9.78 Å². The molecular weight excluding hydrogens is 300 g/mol. The van der Waals surface area contributed by atoms with Crippen molar-refractivity contribution >= 4 is 17.2 Å². The largest absolute Gasteiger partial charge is 0.444 e. The first-order chi connectivity index (χ1) is 10.7. The van der Waals surface area contributed by atoms with Gasteiger partial charge in [0.25, 0.3) is 0 Å². The topological polar surface area (TPSA) is 105 Å². The first-order valence-corrected chi connectivity index (χ1v) is 7.36. The molecule has 3 N–H and O–H groups in total. The number of oxazole rings is 1. The number of aromatic nitrogens is 1. The van der Waals surface area contributed by atoms with Crippen LogP contribution in [-0.2, 0) is 4.74 Å². The molecule has 1 aromatic carbocycles. The summed E-state index contributed by atoms with van der Waals surface area (Å²) in [6, 6.07) is 4.98. The molecule has 2 aromatic rings. The lowest BCUT2D eigenvalue weighted by Crippen LogP contribution is -2.38. The van der Waals surface area contributed by atoms with Crippen molar-refractivity contribution in [2.45, 2.75) is 45.5 Å². The molecule has 2 rings (SSSR count). The van der Waals surface area contributed by atoms with Crippen LogP contribution in [0, 0.1) is 6.92 Å². The molecule has 0 spiro atoms. The Morgan fingerprint density at radius 2 is 2.09 bits per heavy atom. The van der Waals surface area contributed by atoms with Gasteiger partial charge in [0, 0.05) is 13.5 Å². The Labute approximate surface area is 134 Å². The number of fused-ring (bicyclic) bond motifs is 1. The van der Waals surface area contributed by atoms with Crippen LogP contribution in [0.4, 0.5) is 4.79 Å². The summed E-state index contributed by atoms with van der Waals surface area (Å²) >= 11 is 0. The number of rotatable bonds is 4. The highest BCUT2D eigenvalue weighted by Crippen LogP contribution is 2.23. The second kappa shape index (κ2) is 6.55. The average molecular weight is 322 g/mol. The Balaban J connectivity index is 1.97. The summed E-state index contributed by atoms with van der Waals surface area (Å²) in [4.78, 5) is 15.7. The van der Waals surface area contributed by atoms with Crippen LogP contribution in [0.2, 0.25) is 0 Å². The number of hydrogen-bond donors (Lipinski definition) is 3. The molecule has 0 radical (unpaired) electrons. The summed E-state index contributed by atoms with van der Waals surface area (Å²) < 4.78 is 10.4. The molecule has 0 fully saturated rings. The molecule has 1 heterocycles. The zero-order chi connectivity index (χ0) is 17.2. The normalized spacial score (nSPS) is 14.5. The van der Waals surface area contributed by atoms with Crippen molar-refractivity contribution in [1.29, 1.82) is 0 Å². The van der Waals surface area contributed by atoms with E-state index in [4.69, 9.17) is 9.15 Å². The van der Waals surface area contributed by atoms with Crippen LogP contribution in [0.3, 0.4) is 0 Å². The number of carbonyl (C=O) groups is 1. The van der Waals surface area contributed by atoms with Gasteiger partial charge in [0.05, 0.1) is 0 Å². The predicted molar refractivity (Wildman–Crippen MR) is 83.9 cm³/mol. The number of nitrogens with zero attached hydrogens (tertiary/aromatic N) is 1. The summed E-state index contributed by atoms with van der Waals surface area (Å²) in [5.74, 6) is 0.527. The van der Waals surface area contributed by atoms with Crippen LogP contribution in [-0.4, -0.2) is 39.5 Å². The molecule has 2 atom stereocenters. The first-order valence-electron chi connectivity index (χ1n) is 7.36. The third-order valence-corrected chi connectivity index (χ3v) is 3.08. The van der Waals surface area contributed by atoms with Crippen LogP contribution in [0.15, 0.2) is 22.6 Å². The Bertz CT molecular complexity index is 689. The van der Waals surface area contributed by atoms with E-state index < -0.39 is 23.9 Å². The van der Waals surface area contributed by atoms with Gasteiger partial charge < -0.3 is 24.7 Å². The molecule has 7 nitrogen and oxygen atoms in total. The number of benzene rings is 1. The van der Waals surface area contributed by atoms with Gasteiger partial charge in [-0.2, -0.15) is 0 Å². The van der Waals surface area contributed by atoms with Gasteiger partial charge >= 0.3 is 6.09 Å². The minimum absolute atomic E-state index is 0.133. The Morgan fingerprint density at radius 1 is 1.39 bits per heavy atom. The molecule has 0 saturated carbocycles. The molecule has 0 aliphatic carbocycles. The number of aliphatic hydroxyl groups is 2. The predicted octanol–water partition coefficient (Wildman–Crippen LogP) is 2.06. The molecule has 0 aliphatic rings. The van der Waals surface area contributed by atoms with Gasteiger partial charge in [0.2, 0.25) is 0 Å². The van der Waals surface area contributed by atoms with Crippen molar-refractivity contribution in [1.82, 2.24) is 10.3 Å². The first kappa shape index (κ1) is 17.2. The minimum Gasteiger partial charge on any atom is -0.444 e. The molecule has 1 aromatic heterocycles. The molecule has 2 unspecified atom stereocenters. The SMILES string of the molecule is Cc1nc2cc(C(O)C(O)CNC(=O)OC(C)(C)C)ccc2o1. The fraction of sp³-hybridized carbons (Fsp3) is 0.500. The average Bonchev–Trinajstić information content (AvgIpc) is 2.81. The molecule has 23 heavy (non-hydrogen) atoms. The third kappa shape index (κ3) is 4.67. The zero-order valence-electron chi connectivity index (χ0n) is 13.7. The molecule has 0 bridgehead atoms. The highest BCUT2D eigenvalue weighted by molar-refractivity contribution is 5.73. The summed E-state index contributed by atoms with van der Waals surface area (Å²) in [7, 11) is 0. The summed E-state index contributed by atoms with van der Waals surface area (Å²) in [5, 5.41) is 22.7. The second-order valence-electron chi connectivity index (χ2n) is 6.36. The van der Waals surface area contributed by atoms with Crippen molar-refractivity contribution in [3.8, 4) is 0 Å². The van der Waals surface area contributed by atoms with Gasteiger partial charge in [-0.1, -0.05) is 6.07 Å². The number of aryl methyl sites for hydroxylation is 1. The van der Waals surface area contributed by atoms with Crippen molar-refractivity contribution in [2.24, 2.45) is 0 Å². The number of hydrogen-bond acceptors (Lipinski definition) is 6. The van der Waals surface area contributed by atoms with Crippen LogP contribution in [0.25, 0.3) is 11.1 Å². The zero-order valence-corrected chi connectivity index (χ0v) is 13.7. The van der Waals surface area contributed by atoms with E-state index in [1.165, 1.54) is 0 Å². The van der Waals surface area contributed by atoms with Crippen molar-refractivity contribution in [2.75, 3.05) is 6.54 Å². The van der Waals surface area contributed by atoms with E-state index in [1.807, 2.05) is 0 Å². The lowest BCUT2D eigenvalue weighted by molar-refractivity contribution is 0.0130. The smallest absolute Gasteiger partial charge is 0.407 e. The molecule has 1 amide bonds. The molecule has 0 aliphatic heterocycles. The quantitative estimate of drug-likeness (QED) is 0.796. The third-order valence-electron chi connectivity index (χ3n) is 3.08. The van der Waals surface area contributed by atoms with E-state index in [0.717, 1.165) is 0 Å². The van der Waals surface area contributed by atoms with Crippen LogP contribution in [0.1, 0.15) is 38.3 Å². The summed E-state index contributed by atoms with van der Waals surface area (Å²) in [6.07, 6.45) is -2.98. The van der Waals surface area contributed by atoms with Crippen LogP contribution in [0.5, 0.6) is 0 Å². The Morgan fingerprint density at radius 3 is 2.74 bits per heavy atom. The van der Waals surface area contributed by atoms with Crippen molar-refractivity contribution in [3.05, 3.63) is 29.7 Å². The van der Waals surface area contributed by atoms with Gasteiger partial charge in [-0.05, 0) is 38.5 Å². The Kier molecular flexibility index (Phi) is 4.91. The van der Waals surface area contributed by atoms with E-state index >= 15 is 0 Å². The highest BCUT2D eigenvalue weighted by Gasteiger charge is 2.22. The van der Waals surface area contributed by atoms with E-state index in [1.54, 1.807) is 45.9 Å². The van der Waals surface area contributed by atoms with E-state index in [-0.39, 0.29) is 6.54 Å². The highest BCUT2D eigenvalue weighted by atomic mass is 16.6. The van der Waals surface area contributed by atoms with Crippen molar-refractivity contribution in [3.63, 3.8) is 0 Å². The number of carbonyl (C=O) groups excluding carboxylic acids is 1. The van der Waals surface area contributed by atoms with Gasteiger partial charge in [-0.3, -0.25) is 0 Å². The maximum Gasteiger partial charge on any atom is 0.407 e. The van der Waals surface area contributed by atoms with E-state index in [0.29, 0.717) is 22.6 Å². The maximum atomic E-state index is 11.6. The fourth-order valence-electron chi connectivity index (χ4n) is 2.08. The maximum absolute atomic E-state index is 11.6. The van der Waals surface area contributed by atoms with Gasteiger partial charge in [-0.15, -0.1) is 0 Å².